The first kappa shape index (κ1) is 9.32. The van der Waals surface area contributed by atoms with E-state index in [1.165, 1.54) is 9.00 Å². The van der Waals surface area contributed by atoms with Crippen LogP contribution < -0.4 is 4.53 Å². The predicted molar refractivity (Wildman–Crippen MR) is 53.9 cm³/mol. The summed E-state index contributed by atoms with van der Waals surface area (Å²) < 4.78 is 4.59. The second-order valence-electron chi connectivity index (χ2n) is 3.71. The summed E-state index contributed by atoms with van der Waals surface area (Å²) in [5.74, 6) is 7.09. The van der Waals surface area contributed by atoms with Crippen LogP contribution in [0, 0.1) is 0 Å². The van der Waals surface area contributed by atoms with Gasteiger partial charge in [0.15, 0.2) is 0 Å². The quantitative estimate of drug-likeness (QED) is 0.715. The van der Waals surface area contributed by atoms with Gasteiger partial charge in [0, 0.05) is 0 Å². The number of hydrogen-bond donors (Lipinski definition) is 0. The molecule has 0 aromatic carbocycles. The van der Waals surface area contributed by atoms with Crippen molar-refractivity contribution in [1.82, 2.24) is 9.78 Å². The number of halogens is 1. The zero-order valence-corrected chi connectivity index (χ0v) is 11.0. The number of rotatable bonds is 1. The van der Waals surface area contributed by atoms with Crippen LogP contribution in [0.15, 0.2) is 10.7 Å². The summed E-state index contributed by atoms with van der Waals surface area (Å²) in [7, 11) is 2.01. The van der Waals surface area contributed by atoms with E-state index in [1.807, 2.05) is 17.9 Å². The Morgan fingerprint density at radius 2 is 2.00 bits per heavy atom. The van der Waals surface area contributed by atoms with Gasteiger partial charge in [-0.05, 0) is 0 Å². The Morgan fingerprint density at radius 1 is 1.45 bits per heavy atom. The first-order valence-corrected chi connectivity index (χ1v) is 11.7. The van der Waals surface area contributed by atoms with Crippen LogP contribution in [-0.2, 0) is 7.05 Å². The molecule has 1 aromatic heterocycles. The first-order valence-electron chi connectivity index (χ1n) is 3.61. The van der Waals surface area contributed by atoms with Gasteiger partial charge in [-0.2, -0.15) is 0 Å². The molecular weight excluding hydrogens is 265 g/mol. The van der Waals surface area contributed by atoms with Crippen LogP contribution in [-0.4, -0.2) is 23.0 Å². The van der Waals surface area contributed by atoms with E-state index in [2.05, 4.69) is 38.3 Å². The average Bonchev–Trinajstić information content (AvgIpc) is 2.08. The second kappa shape index (κ2) is 2.94. The summed E-state index contributed by atoms with van der Waals surface area (Å²) in [5.41, 5.74) is 0. The SMILES string of the molecule is Cn1ncc(Br)[c]1[Ge]([CH3])([CH3])[CH3]. The molecule has 0 fully saturated rings. The molecule has 1 heterocycles. The summed E-state index contributed by atoms with van der Waals surface area (Å²) in [4.78, 5) is 0. The molecule has 1 rings (SSSR count). The molecule has 0 spiro atoms. The predicted octanol–water partition coefficient (Wildman–Crippen LogP) is 1.73. The number of aryl methyl sites for hydroxylation is 1. The van der Waals surface area contributed by atoms with Gasteiger partial charge < -0.3 is 0 Å². The molecule has 4 heteroatoms. The molecule has 2 nitrogen and oxygen atoms in total. The van der Waals surface area contributed by atoms with Crippen LogP contribution in [0.25, 0.3) is 0 Å². The Labute approximate surface area is 78.5 Å². The maximum absolute atomic E-state index is 4.20. The Hall–Kier alpha value is 0.233. The van der Waals surface area contributed by atoms with Gasteiger partial charge in [0.1, 0.15) is 0 Å². The van der Waals surface area contributed by atoms with Crippen LogP contribution in [0.1, 0.15) is 0 Å². The van der Waals surface area contributed by atoms with Crippen molar-refractivity contribution in [2.24, 2.45) is 7.05 Å². The van der Waals surface area contributed by atoms with Crippen LogP contribution in [0.5, 0.6) is 0 Å². The van der Waals surface area contributed by atoms with E-state index >= 15 is 0 Å². The fourth-order valence-electron chi connectivity index (χ4n) is 1.25. The zero-order valence-electron chi connectivity index (χ0n) is 7.35. The van der Waals surface area contributed by atoms with E-state index in [1.54, 1.807) is 0 Å². The maximum atomic E-state index is 4.20. The Morgan fingerprint density at radius 3 is 2.18 bits per heavy atom. The monoisotopic (exact) mass is 278 g/mol. The fourth-order valence-corrected chi connectivity index (χ4v) is 8.49. The van der Waals surface area contributed by atoms with Crippen LogP contribution in [0.2, 0.25) is 17.3 Å². The third-order valence-electron chi connectivity index (χ3n) is 1.60. The molecule has 0 amide bonds. The van der Waals surface area contributed by atoms with Crippen molar-refractivity contribution in [2.45, 2.75) is 17.3 Å². The van der Waals surface area contributed by atoms with Gasteiger partial charge in [-0.1, -0.05) is 0 Å². The minimum absolute atomic E-state index is 1.17. The number of nitrogens with zero attached hydrogens (tertiary/aromatic N) is 2. The van der Waals surface area contributed by atoms with Gasteiger partial charge in [-0.25, -0.2) is 0 Å². The molecule has 62 valence electrons. The Bertz CT molecular complexity index is 242. The topological polar surface area (TPSA) is 17.8 Å². The zero-order chi connectivity index (χ0) is 8.65. The van der Waals surface area contributed by atoms with Gasteiger partial charge in [0.25, 0.3) is 0 Å². The molecule has 11 heavy (non-hydrogen) atoms. The van der Waals surface area contributed by atoms with Gasteiger partial charge in [0.05, 0.1) is 0 Å². The molecular formula is C7H13BrGeN2. The molecule has 0 unspecified atom stereocenters. The molecule has 0 bridgehead atoms. The molecule has 0 aliphatic rings. The van der Waals surface area contributed by atoms with Crippen LogP contribution in [0.3, 0.4) is 0 Å². The van der Waals surface area contributed by atoms with Crippen molar-refractivity contribution in [3.63, 3.8) is 0 Å². The summed E-state index contributed by atoms with van der Waals surface area (Å²) in [5, 5.41) is 4.20. The van der Waals surface area contributed by atoms with Crippen molar-refractivity contribution in [1.29, 1.82) is 0 Å². The Balaban J connectivity index is 3.21. The van der Waals surface area contributed by atoms with Gasteiger partial charge in [0.2, 0.25) is 0 Å². The van der Waals surface area contributed by atoms with Crippen molar-refractivity contribution in [3.8, 4) is 0 Å². The van der Waals surface area contributed by atoms with E-state index < -0.39 is 13.3 Å². The van der Waals surface area contributed by atoms with Gasteiger partial charge >= 0.3 is 78.5 Å². The van der Waals surface area contributed by atoms with Gasteiger partial charge in [-0.15, -0.1) is 0 Å². The van der Waals surface area contributed by atoms with E-state index in [4.69, 9.17) is 0 Å². The first-order chi connectivity index (χ1) is 4.93. The normalized spacial score (nSPS) is 12.1. The Kier molecular flexibility index (Phi) is 2.49. The molecule has 0 saturated heterocycles. The minimum atomic E-state index is -1.70. The van der Waals surface area contributed by atoms with Crippen LogP contribution >= 0.6 is 15.9 Å². The molecule has 0 aliphatic carbocycles. The number of aromatic nitrogens is 2. The van der Waals surface area contributed by atoms with E-state index in [-0.39, 0.29) is 0 Å². The van der Waals surface area contributed by atoms with Crippen molar-refractivity contribution < 1.29 is 0 Å². The molecule has 1 aromatic rings. The summed E-state index contributed by atoms with van der Waals surface area (Å²) in [6.45, 7) is 0. The summed E-state index contributed by atoms with van der Waals surface area (Å²) in [6.07, 6.45) is 1.88. The van der Waals surface area contributed by atoms with Crippen LogP contribution in [0.4, 0.5) is 0 Å². The van der Waals surface area contributed by atoms with Crippen molar-refractivity contribution in [2.75, 3.05) is 0 Å². The van der Waals surface area contributed by atoms with E-state index in [0.717, 1.165) is 0 Å². The summed E-state index contributed by atoms with van der Waals surface area (Å²) in [6, 6.07) is 0. The standard InChI is InChI=1S/C7H13BrGeN2/c1-9(2,3)7-6(8)5-10-11(7)4/h5H,1-4H3. The second-order valence-corrected chi connectivity index (χ2v) is 15.0. The fraction of sp³-hybridized carbons (Fsp3) is 0.571. The molecule has 0 saturated carbocycles. The van der Waals surface area contributed by atoms with E-state index in [9.17, 15) is 0 Å². The molecule has 0 aliphatic heterocycles. The van der Waals surface area contributed by atoms with Crippen molar-refractivity contribution >= 4 is 33.7 Å². The molecule has 0 atom stereocenters. The molecule has 0 radical (unpaired) electrons. The van der Waals surface area contributed by atoms with Gasteiger partial charge in [-0.3, -0.25) is 0 Å². The third kappa shape index (κ3) is 1.88. The molecule has 0 N–H and O–H groups in total. The number of hydrogen-bond acceptors (Lipinski definition) is 1. The summed E-state index contributed by atoms with van der Waals surface area (Å²) >= 11 is 1.82. The van der Waals surface area contributed by atoms with Crippen molar-refractivity contribution in [3.05, 3.63) is 10.7 Å². The van der Waals surface area contributed by atoms with E-state index in [0.29, 0.717) is 0 Å². The average molecular weight is 278 g/mol. The third-order valence-corrected chi connectivity index (χ3v) is 7.18.